The largest absolute Gasteiger partial charge is 0.143 e. The topological polar surface area (TPSA) is 0 Å². The third-order valence-electron chi connectivity index (χ3n) is 1.59. The van der Waals surface area contributed by atoms with E-state index in [1.807, 2.05) is 0 Å². The summed E-state index contributed by atoms with van der Waals surface area (Å²) in [6, 6.07) is 4.23. The first kappa shape index (κ1) is 10.6. The molecule has 2 aromatic heterocycles. The highest BCUT2D eigenvalue weighted by molar-refractivity contribution is 9.10. The molecule has 0 bridgehead atoms. The van der Waals surface area contributed by atoms with Crippen LogP contribution in [0, 0.1) is 0 Å². The quantitative estimate of drug-likeness (QED) is 0.671. The molecule has 0 N–H and O–H groups in total. The van der Waals surface area contributed by atoms with Crippen molar-refractivity contribution in [3.63, 3.8) is 0 Å². The summed E-state index contributed by atoms with van der Waals surface area (Å²) in [5, 5.41) is 4.17. The minimum atomic E-state index is 1.15. The van der Waals surface area contributed by atoms with E-state index in [0.29, 0.717) is 0 Å². The van der Waals surface area contributed by atoms with Crippen LogP contribution in [0.15, 0.2) is 31.8 Å². The molecule has 72 valence electrons. The van der Waals surface area contributed by atoms with Gasteiger partial charge in [0.25, 0.3) is 0 Å². The lowest BCUT2D eigenvalue weighted by Crippen LogP contribution is -1.58. The van der Waals surface area contributed by atoms with Gasteiger partial charge in [-0.2, -0.15) is 0 Å². The van der Waals surface area contributed by atoms with E-state index in [1.165, 1.54) is 9.75 Å². The first-order valence-electron chi connectivity index (χ1n) is 3.90. The molecular weight excluding hydrogens is 344 g/mol. The molecular formula is C10H6Br2S2. The summed E-state index contributed by atoms with van der Waals surface area (Å²) in [5.74, 6) is 0. The van der Waals surface area contributed by atoms with Crippen molar-refractivity contribution in [1.82, 2.24) is 0 Å². The Morgan fingerprint density at radius 2 is 1.29 bits per heavy atom. The summed E-state index contributed by atoms with van der Waals surface area (Å²) in [4.78, 5) is 2.53. The molecule has 0 aliphatic heterocycles. The Labute approximate surface area is 108 Å². The van der Waals surface area contributed by atoms with Gasteiger partial charge in [-0.1, -0.05) is 0 Å². The second-order valence-electron chi connectivity index (χ2n) is 2.67. The van der Waals surface area contributed by atoms with Crippen molar-refractivity contribution >= 4 is 66.7 Å². The fourth-order valence-electron chi connectivity index (χ4n) is 0.996. The van der Waals surface area contributed by atoms with Crippen molar-refractivity contribution in [1.29, 1.82) is 0 Å². The van der Waals surface area contributed by atoms with Gasteiger partial charge in [-0.15, -0.1) is 22.7 Å². The molecule has 0 radical (unpaired) electrons. The van der Waals surface area contributed by atoms with Gasteiger partial charge in [0.2, 0.25) is 0 Å². The van der Waals surface area contributed by atoms with E-state index < -0.39 is 0 Å². The van der Waals surface area contributed by atoms with Gasteiger partial charge in [-0.05, 0) is 56.1 Å². The van der Waals surface area contributed by atoms with E-state index in [-0.39, 0.29) is 0 Å². The van der Waals surface area contributed by atoms with E-state index in [9.17, 15) is 0 Å². The van der Waals surface area contributed by atoms with Gasteiger partial charge < -0.3 is 0 Å². The molecule has 2 rings (SSSR count). The van der Waals surface area contributed by atoms with Crippen LogP contribution in [0.2, 0.25) is 0 Å². The summed E-state index contributed by atoms with van der Waals surface area (Å²) < 4.78 is 2.30. The van der Waals surface area contributed by atoms with E-state index in [2.05, 4.69) is 66.9 Å². The third kappa shape index (κ3) is 2.79. The van der Waals surface area contributed by atoms with Gasteiger partial charge in [0.15, 0.2) is 0 Å². The molecule has 2 heterocycles. The fourth-order valence-corrected chi connectivity index (χ4v) is 3.67. The number of thiophene rings is 2. The molecule has 0 amide bonds. The maximum absolute atomic E-state index is 3.43. The number of halogens is 2. The average molecular weight is 350 g/mol. The Morgan fingerprint density at radius 1 is 0.857 bits per heavy atom. The minimum Gasteiger partial charge on any atom is -0.143 e. The monoisotopic (exact) mass is 348 g/mol. The Kier molecular flexibility index (Phi) is 3.60. The smallest absolute Gasteiger partial charge is 0.0288 e. The zero-order valence-electron chi connectivity index (χ0n) is 7.04. The normalized spacial score (nSPS) is 11.3. The Balaban J connectivity index is 2.14. The van der Waals surface area contributed by atoms with Crippen LogP contribution < -0.4 is 0 Å². The van der Waals surface area contributed by atoms with Crippen LogP contribution in [0.5, 0.6) is 0 Å². The van der Waals surface area contributed by atoms with Gasteiger partial charge in [-0.3, -0.25) is 0 Å². The molecule has 0 unspecified atom stereocenters. The van der Waals surface area contributed by atoms with Crippen LogP contribution in [0.1, 0.15) is 9.75 Å². The molecule has 2 aromatic rings. The molecule has 0 nitrogen and oxygen atoms in total. The number of rotatable bonds is 2. The van der Waals surface area contributed by atoms with E-state index in [4.69, 9.17) is 0 Å². The molecule has 0 aromatic carbocycles. The summed E-state index contributed by atoms with van der Waals surface area (Å²) >= 11 is 10.3. The van der Waals surface area contributed by atoms with Gasteiger partial charge in [-0.25, -0.2) is 0 Å². The third-order valence-corrected chi connectivity index (χ3v) is 4.90. The minimum absolute atomic E-state index is 1.15. The maximum atomic E-state index is 3.43. The lowest BCUT2D eigenvalue weighted by atomic mass is 10.4. The van der Waals surface area contributed by atoms with Crippen LogP contribution in [-0.4, -0.2) is 0 Å². The highest BCUT2D eigenvalue weighted by Gasteiger charge is 1.94. The molecule has 0 aliphatic carbocycles. The van der Waals surface area contributed by atoms with Crippen LogP contribution >= 0.6 is 54.5 Å². The predicted molar refractivity (Wildman–Crippen MR) is 73.0 cm³/mol. The molecule has 14 heavy (non-hydrogen) atoms. The van der Waals surface area contributed by atoms with Crippen molar-refractivity contribution in [2.45, 2.75) is 0 Å². The predicted octanol–water partition coefficient (Wildman–Crippen LogP) is 5.51. The highest BCUT2D eigenvalue weighted by atomic mass is 79.9. The molecule has 0 aliphatic rings. The molecule has 0 fully saturated rings. The Hall–Kier alpha value is 0.1000. The molecule has 0 saturated heterocycles. The van der Waals surface area contributed by atoms with E-state index >= 15 is 0 Å². The molecule has 4 heteroatoms. The standard InChI is InChI=1S/C10H6Br2S2/c11-7-3-9(13-5-7)1-2-10-4-8(12)6-14-10/h1-6H. The zero-order valence-corrected chi connectivity index (χ0v) is 11.8. The van der Waals surface area contributed by atoms with Gasteiger partial charge in [0.05, 0.1) is 0 Å². The first-order valence-corrected chi connectivity index (χ1v) is 7.25. The fraction of sp³-hybridized carbons (Fsp3) is 0. The van der Waals surface area contributed by atoms with Crippen molar-refractivity contribution < 1.29 is 0 Å². The second kappa shape index (κ2) is 4.75. The Bertz CT molecular complexity index is 412. The van der Waals surface area contributed by atoms with E-state index in [1.54, 1.807) is 22.7 Å². The Morgan fingerprint density at radius 3 is 1.57 bits per heavy atom. The summed E-state index contributed by atoms with van der Waals surface area (Å²) in [6.07, 6.45) is 4.27. The second-order valence-corrected chi connectivity index (χ2v) is 6.38. The molecule has 0 spiro atoms. The lowest BCUT2D eigenvalue weighted by Gasteiger charge is -1.82. The first-order chi connectivity index (χ1) is 6.74. The SMILES string of the molecule is Brc1csc(C=Cc2cc(Br)cs2)c1. The van der Waals surface area contributed by atoms with Gasteiger partial charge in [0.1, 0.15) is 0 Å². The van der Waals surface area contributed by atoms with Crippen LogP contribution in [0.25, 0.3) is 12.2 Å². The highest BCUT2D eigenvalue weighted by Crippen LogP contribution is 2.24. The number of hydrogen-bond acceptors (Lipinski definition) is 2. The summed E-state index contributed by atoms with van der Waals surface area (Å²) in [5.41, 5.74) is 0. The summed E-state index contributed by atoms with van der Waals surface area (Å²) in [6.45, 7) is 0. The van der Waals surface area contributed by atoms with Crippen molar-refractivity contribution in [2.24, 2.45) is 0 Å². The molecule has 0 atom stereocenters. The van der Waals surface area contributed by atoms with Crippen molar-refractivity contribution in [3.8, 4) is 0 Å². The van der Waals surface area contributed by atoms with Gasteiger partial charge in [0, 0.05) is 29.5 Å². The molecule has 0 saturated carbocycles. The average Bonchev–Trinajstić information content (AvgIpc) is 2.72. The van der Waals surface area contributed by atoms with Crippen LogP contribution in [0.3, 0.4) is 0 Å². The van der Waals surface area contributed by atoms with Crippen molar-refractivity contribution in [2.75, 3.05) is 0 Å². The maximum Gasteiger partial charge on any atom is 0.0288 e. The van der Waals surface area contributed by atoms with Gasteiger partial charge >= 0.3 is 0 Å². The van der Waals surface area contributed by atoms with Crippen LogP contribution in [-0.2, 0) is 0 Å². The van der Waals surface area contributed by atoms with Crippen LogP contribution in [0.4, 0.5) is 0 Å². The summed E-state index contributed by atoms with van der Waals surface area (Å²) in [7, 11) is 0. The lowest BCUT2D eigenvalue weighted by molar-refractivity contribution is 1.85. The number of hydrogen-bond donors (Lipinski definition) is 0. The van der Waals surface area contributed by atoms with E-state index in [0.717, 1.165) is 8.95 Å². The zero-order chi connectivity index (χ0) is 9.97. The van der Waals surface area contributed by atoms with Crippen molar-refractivity contribution in [3.05, 3.63) is 41.6 Å².